The number of pyridine rings is 1. The Balaban J connectivity index is 2.17. The van der Waals surface area contributed by atoms with Gasteiger partial charge in [-0.1, -0.05) is 25.9 Å². The first-order valence-corrected chi connectivity index (χ1v) is 7.65. The molecule has 0 fully saturated rings. The van der Waals surface area contributed by atoms with Crippen LogP contribution >= 0.6 is 0 Å². The lowest BCUT2D eigenvalue weighted by Gasteiger charge is -2.20. The summed E-state index contributed by atoms with van der Waals surface area (Å²) in [7, 11) is 0. The third-order valence-corrected chi connectivity index (χ3v) is 3.79. The Morgan fingerprint density at radius 2 is 2.14 bits per heavy atom. The average Bonchev–Trinajstić information content (AvgIpc) is 2.98. The molecule has 0 saturated carbocycles. The Morgan fingerprint density at radius 3 is 2.81 bits per heavy atom. The standard InChI is InChI=1S/C16H24N4O/c1-5-8-18-14(6-2)12(4)16-19-15(20-21-16)13-7-9-17-10-11(13)3/h7,9-10,12,14,18H,5-6,8H2,1-4H3. The number of hydrogen-bond acceptors (Lipinski definition) is 5. The molecule has 0 bridgehead atoms. The molecule has 0 aliphatic rings. The summed E-state index contributed by atoms with van der Waals surface area (Å²) >= 11 is 0. The van der Waals surface area contributed by atoms with Gasteiger partial charge in [0.15, 0.2) is 0 Å². The Labute approximate surface area is 126 Å². The van der Waals surface area contributed by atoms with Crippen molar-refractivity contribution in [1.29, 1.82) is 0 Å². The summed E-state index contributed by atoms with van der Waals surface area (Å²) in [6.07, 6.45) is 5.72. The van der Waals surface area contributed by atoms with E-state index < -0.39 is 0 Å². The van der Waals surface area contributed by atoms with Gasteiger partial charge in [-0.25, -0.2) is 0 Å². The molecule has 0 spiro atoms. The van der Waals surface area contributed by atoms with Crippen molar-refractivity contribution in [2.24, 2.45) is 0 Å². The van der Waals surface area contributed by atoms with E-state index in [9.17, 15) is 0 Å². The highest BCUT2D eigenvalue weighted by Crippen LogP contribution is 2.24. The minimum Gasteiger partial charge on any atom is -0.339 e. The first-order chi connectivity index (χ1) is 10.2. The molecule has 2 heterocycles. The van der Waals surface area contributed by atoms with Gasteiger partial charge < -0.3 is 9.84 Å². The second-order valence-corrected chi connectivity index (χ2v) is 5.40. The Kier molecular flexibility index (Phi) is 5.44. The molecule has 0 aliphatic carbocycles. The predicted molar refractivity (Wildman–Crippen MR) is 83.1 cm³/mol. The van der Waals surface area contributed by atoms with Gasteiger partial charge in [-0.3, -0.25) is 4.98 Å². The Hall–Kier alpha value is -1.75. The van der Waals surface area contributed by atoms with Crippen LogP contribution in [0.15, 0.2) is 23.0 Å². The molecule has 5 nitrogen and oxygen atoms in total. The molecule has 0 aromatic carbocycles. The highest BCUT2D eigenvalue weighted by Gasteiger charge is 2.23. The summed E-state index contributed by atoms with van der Waals surface area (Å²) < 4.78 is 5.48. The van der Waals surface area contributed by atoms with Gasteiger partial charge in [0.05, 0.1) is 5.92 Å². The predicted octanol–water partition coefficient (Wildman–Crippen LogP) is 3.32. The van der Waals surface area contributed by atoms with Gasteiger partial charge in [-0.15, -0.1) is 0 Å². The van der Waals surface area contributed by atoms with Crippen LogP contribution in [0.4, 0.5) is 0 Å². The molecular formula is C16H24N4O. The van der Waals surface area contributed by atoms with Crippen LogP contribution in [0.25, 0.3) is 11.4 Å². The second kappa shape index (κ2) is 7.31. The third kappa shape index (κ3) is 3.67. The lowest BCUT2D eigenvalue weighted by molar-refractivity contribution is 0.319. The zero-order chi connectivity index (χ0) is 15.2. The number of hydrogen-bond donors (Lipinski definition) is 1. The van der Waals surface area contributed by atoms with Crippen molar-refractivity contribution < 1.29 is 4.52 Å². The van der Waals surface area contributed by atoms with Crippen LogP contribution in [-0.2, 0) is 0 Å². The van der Waals surface area contributed by atoms with E-state index in [0.717, 1.165) is 30.5 Å². The zero-order valence-corrected chi connectivity index (χ0v) is 13.3. The molecule has 2 rings (SSSR count). The van der Waals surface area contributed by atoms with E-state index in [2.05, 4.69) is 41.2 Å². The third-order valence-electron chi connectivity index (χ3n) is 3.79. The molecule has 0 saturated heterocycles. The fraction of sp³-hybridized carbons (Fsp3) is 0.562. The number of aromatic nitrogens is 3. The van der Waals surface area contributed by atoms with Gasteiger partial charge in [0.25, 0.3) is 0 Å². The van der Waals surface area contributed by atoms with Gasteiger partial charge in [-0.2, -0.15) is 4.98 Å². The molecule has 2 atom stereocenters. The molecule has 114 valence electrons. The smallest absolute Gasteiger partial charge is 0.231 e. The summed E-state index contributed by atoms with van der Waals surface area (Å²) in [6.45, 7) is 9.48. The summed E-state index contributed by atoms with van der Waals surface area (Å²) in [5.41, 5.74) is 2.02. The minimum atomic E-state index is 0.199. The topological polar surface area (TPSA) is 63.8 Å². The number of rotatable bonds is 7. The monoisotopic (exact) mass is 288 g/mol. The van der Waals surface area contributed by atoms with E-state index >= 15 is 0 Å². The minimum absolute atomic E-state index is 0.199. The van der Waals surface area contributed by atoms with E-state index in [-0.39, 0.29) is 5.92 Å². The van der Waals surface area contributed by atoms with Crippen LogP contribution in [-0.4, -0.2) is 27.7 Å². The molecule has 0 radical (unpaired) electrons. The van der Waals surface area contributed by atoms with Crippen molar-refractivity contribution in [1.82, 2.24) is 20.4 Å². The second-order valence-electron chi connectivity index (χ2n) is 5.40. The van der Waals surface area contributed by atoms with Crippen LogP contribution in [0.3, 0.4) is 0 Å². The zero-order valence-electron chi connectivity index (χ0n) is 13.3. The number of nitrogens with one attached hydrogen (secondary N) is 1. The normalized spacial score (nSPS) is 14.1. The van der Waals surface area contributed by atoms with Gasteiger partial charge in [0, 0.05) is 24.0 Å². The van der Waals surface area contributed by atoms with E-state index in [1.807, 2.05) is 19.2 Å². The first kappa shape index (κ1) is 15.6. The van der Waals surface area contributed by atoms with Gasteiger partial charge in [0.1, 0.15) is 0 Å². The van der Waals surface area contributed by atoms with Crippen LogP contribution in [0, 0.1) is 6.92 Å². The quantitative estimate of drug-likeness (QED) is 0.846. The van der Waals surface area contributed by atoms with Gasteiger partial charge >= 0.3 is 0 Å². The molecule has 2 aromatic heterocycles. The van der Waals surface area contributed by atoms with E-state index in [4.69, 9.17) is 4.52 Å². The average molecular weight is 288 g/mol. The van der Waals surface area contributed by atoms with Crippen molar-refractivity contribution in [3.8, 4) is 11.4 Å². The fourth-order valence-corrected chi connectivity index (χ4v) is 2.43. The van der Waals surface area contributed by atoms with E-state index in [0.29, 0.717) is 17.8 Å². The molecule has 2 unspecified atom stereocenters. The SMILES string of the molecule is CCCNC(CC)C(C)c1nc(-c2ccncc2C)no1. The molecule has 2 aromatic rings. The summed E-state index contributed by atoms with van der Waals surface area (Å²) in [6, 6.07) is 2.28. The Morgan fingerprint density at radius 1 is 1.33 bits per heavy atom. The van der Waals surface area contributed by atoms with E-state index in [1.165, 1.54) is 0 Å². The summed E-state index contributed by atoms with van der Waals surface area (Å²) in [4.78, 5) is 8.66. The summed E-state index contributed by atoms with van der Waals surface area (Å²) in [5, 5.41) is 7.66. The summed E-state index contributed by atoms with van der Waals surface area (Å²) in [5.74, 6) is 1.53. The maximum Gasteiger partial charge on any atom is 0.231 e. The van der Waals surface area contributed by atoms with Crippen molar-refractivity contribution in [3.63, 3.8) is 0 Å². The van der Waals surface area contributed by atoms with Crippen LogP contribution < -0.4 is 5.32 Å². The highest BCUT2D eigenvalue weighted by atomic mass is 16.5. The van der Waals surface area contributed by atoms with Crippen molar-refractivity contribution in [2.75, 3.05) is 6.54 Å². The maximum atomic E-state index is 5.48. The molecule has 21 heavy (non-hydrogen) atoms. The van der Waals surface area contributed by atoms with E-state index in [1.54, 1.807) is 6.20 Å². The van der Waals surface area contributed by atoms with Crippen LogP contribution in [0.2, 0.25) is 0 Å². The Bertz CT molecular complexity index is 567. The number of aryl methyl sites for hydroxylation is 1. The van der Waals surface area contributed by atoms with Crippen molar-refractivity contribution in [2.45, 2.75) is 52.5 Å². The maximum absolute atomic E-state index is 5.48. The fourth-order valence-electron chi connectivity index (χ4n) is 2.43. The largest absolute Gasteiger partial charge is 0.339 e. The van der Waals surface area contributed by atoms with Crippen LogP contribution in [0.5, 0.6) is 0 Å². The van der Waals surface area contributed by atoms with Crippen LogP contribution in [0.1, 0.15) is 51.0 Å². The van der Waals surface area contributed by atoms with Crippen molar-refractivity contribution in [3.05, 3.63) is 29.9 Å². The van der Waals surface area contributed by atoms with Gasteiger partial charge in [0.2, 0.25) is 11.7 Å². The molecular weight excluding hydrogens is 264 g/mol. The highest BCUT2D eigenvalue weighted by molar-refractivity contribution is 5.57. The lowest BCUT2D eigenvalue weighted by atomic mass is 9.99. The number of nitrogens with zero attached hydrogens (tertiary/aromatic N) is 3. The lowest BCUT2D eigenvalue weighted by Crippen LogP contribution is -2.33. The van der Waals surface area contributed by atoms with Gasteiger partial charge in [-0.05, 0) is 37.9 Å². The molecule has 1 N–H and O–H groups in total. The first-order valence-electron chi connectivity index (χ1n) is 7.65. The van der Waals surface area contributed by atoms with Crippen molar-refractivity contribution >= 4 is 0 Å². The molecule has 0 amide bonds. The molecule has 5 heteroatoms. The molecule has 0 aliphatic heterocycles.